The molecule has 5 nitrogen and oxygen atoms in total. The van der Waals surface area contributed by atoms with Gasteiger partial charge in [0.05, 0.1) is 21.5 Å². The summed E-state index contributed by atoms with van der Waals surface area (Å²) >= 11 is 3.53. The highest BCUT2D eigenvalue weighted by molar-refractivity contribution is 9.10. The van der Waals surface area contributed by atoms with Crippen molar-refractivity contribution >= 4 is 34.2 Å². The average molecular weight is 400 g/mol. The Balaban J connectivity index is 0.00000192. The van der Waals surface area contributed by atoms with Gasteiger partial charge in [-0.2, -0.15) is 5.10 Å². The number of halogens is 2. The van der Waals surface area contributed by atoms with E-state index in [9.17, 15) is 4.79 Å². The average Bonchev–Trinajstić information content (AvgIpc) is 2.73. The van der Waals surface area contributed by atoms with Crippen LogP contribution in [-0.2, 0) is 0 Å². The number of hydrogen-bond acceptors (Lipinski definition) is 3. The van der Waals surface area contributed by atoms with Crippen molar-refractivity contribution in [3.05, 3.63) is 45.7 Å². The third-order valence-electron chi connectivity index (χ3n) is 3.99. The van der Waals surface area contributed by atoms with E-state index < -0.39 is 0 Å². The Morgan fingerprint density at radius 1 is 1.35 bits per heavy atom. The van der Waals surface area contributed by atoms with Crippen LogP contribution < -0.4 is 10.6 Å². The smallest absolute Gasteiger partial charge is 0.251 e. The zero-order valence-corrected chi connectivity index (χ0v) is 15.5. The number of nitrogens with zero attached hydrogens (tertiary/aromatic N) is 2. The van der Waals surface area contributed by atoms with Crippen LogP contribution >= 0.6 is 28.3 Å². The first-order chi connectivity index (χ1) is 10.6. The molecule has 1 amide bonds. The van der Waals surface area contributed by atoms with Crippen LogP contribution in [0.25, 0.3) is 5.69 Å². The molecule has 124 valence electrons. The summed E-state index contributed by atoms with van der Waals surface area (Å²) in [6.45, 7) is 6.69. The second-order valence-corrected chi connectivity index (χ2v) is 6.47. The second-order valence-electron chi connectivity index (χ2n) is 5.68. The molecule has 0 aliphatic carbocycles. The fourth-order valence-electron chi connectivity index (χ4n) is 2.46. The van der Waals surface area contributed by atoms with E-state index in [4.69, 9.17) is 0 Å². The molecule has 23 heavy (non-hydrogen) atoms. The predicted octanol–water partition coefficient (Wildman–Crippen LogP) is 2.62. The standard InChI is InChI=1S/C16H19BrN4O.ClH/c1-10-15(17)11(2)21(20-10)14-5-3-13(4-6-14)16(22)19-9-12-7-18-8-12;/h3-6,12,18H,7-9H2,1-2H3,(H,19,22);1H. The van der Waals surface area contributed by atoms with Gasteiger partial charge in [-0.25, -0.2) is 4.68 Å². The van der Waals surface area contributed by atoms with Gasteiger partial charge in [0.25, 0.3) is 5.91 Å². The molecule has 1 aliphatic heterocycles. The molecule has 2 heterocycles. The molecule has 1 aromatic carbocycles. The molecule has 3 rings (SSSR count). The van der Waals surface area contributed by atoms with E-state index in [1.54, 1.807) is 0 Å². The maximum atomic E-state index is 12.1. The zero-order chi connectivity index (χ0) is 15.7. The minimum Gasteiger partial charge on any atom is -0.352 e. The SMILES string of the molecule is Cc1nn(-c2ccc(C(=O)NCC3CNC3)cc2)c(C)c1Br.Cl. The van der Waals surface area contributed by atoms with Crippen molar-refractivity contribution in [1.82, 2.24) is 20.4 Å². The Morgan fingerprint density at radius 2 is 2.00 bits per heavy atom. The first-order valence-corrected chi connectivity index (χ1v) is 8.16. The molecule has 2 N–H and O–H groups in total. The normalized spacial score (nSPS) is 14.0. The zero-order valence-electron chi connectivity index (χ0n) is 13.1. The number of aromatic nitrogens is 2. The Morgan fingerprint density at radius 3 is 2.48 bits per heavy atom. The van der Waals surface area contributed by atoms with Crippen LogP contribution in [-0.4, -0.2) is 35.3 Å². The number of nitrogens with one attached hydrogen (secondary N) is 2. The Kier molecular flexibility index (Phi) is 5.84. The van der Waals surface area contributed by atoms with Gasteiger partial charge < -0.3 is 10.6 Å². The summed E-state index contributed by atoms with van der Waals surface area (Å²) in [5.41, 5.74) is 3.63. The van der Waals surface area contributed by atoms with Gasteiger partial charge in [-0.15, -0.1) is 12.4 Å². The summed E-state index contributed by atoms with van der Waals surface area (Å²) in [6, 6.07) is 7.53. The molecule has 1 aliphatic rings. The van der Waals surface area contributed by atoms with Crippen LogP contribution in [0.1, 0.15) is 21.7 Å². The molecule has 0 atom stereocenters. The van der Waals surface area contributed by atoms with Crippen molar-refractivity contribution in [2.75, 3.05) is 19.6 Å². The predicted molar refractivity (Wildman–Crippen MR) is 96.7 cm³/mol. The largest absolute Gasteiger partial charge is 0.352 e. The van der Waals surface area contributed by atoms with Crippen LogP contribution in [0.15, 0.2) is 28.7 Å². The number of carbonyl (C=O) groups excluding carboxylic acids is 1. The molecule has 0 spiro atoms. The van der Waals surface area contributed by atoms with Crippen LogP contribution in [0.3, 0.4) is 0 Å². The van der Waals surface area contributed by atoms with Crippen molar-refractivity contribution in [2.24, 2.45) is 5.92 Å². The molecule has 0 radical (unpaired) electrons. The van der Waals surface area contributed by atoms with E-state index in [1.165, 1.54) is 0 Å². The molecular weight excluding hydrogens is 380 g/mol. The summed E-state index contributed by atoms with van der Waals surface area (Å²) in [5.74, 6) is 0.545. The molecule has 1 fully saturated rings. The number of amides is 1. The molecule has 0 saturated carbocycles. The van der Waals surface area contributed by atoms with Gasteiger partial charge in [0, 0.05) is 31.1 Å². The Hall–Kier alpha value is -1.37. The third-order valence-corrected chi connectivity index (χ3v) is 5.14. The van der Waals surface area contributed by atoms with Gasteiger partial charge >= 0.3 is 0 Å². The minimum atomic E-state index is -0.0204. The van der Waals surface area contributed by atoms with E-state index in [0.29, 0.717) is 11.5 Å². The maximum absolute atomic E-state index is 12.1. The molecular formula is C16H20BrClN4O. The van der Waals surface area contributed by atoms with Crippen molar-refractivity contribution in [3.8, 4) is 5.69 Å². The summed E-state index contributed by atoms with van der Waals surface area (Å²) in [5, 5.41) is 10.7. The quantitative estimate of drug-likeness (QED) is 0.831. The summed E-state index contributed by atoms with van der Waals surface area (Å²) in [6.07, 6.45) is 0. The molecule has 0 unspecified atom stereocenters. The Labute approximate surface area is 150 Å². The van der Waals surface area contributed by atoms with E-state index in [-0.39, 0.29) is 18.3 Å². The van der Waals surface area contributed by atoms with Gasteiger partial charge in [0.1, 0.15) is 0 Å². The number of hydrogen-bond donors (Lipinski definition) is 2. The topological polar surface area (TPSA) is 59.0 Å². The number of carbonyl (C=O) groups is 1. The molecule has 1 saturated heterocycles. The van der Waals surface area contributed by atoms with Crippen molar-refractivity contribution < 1.29 is 4.79 Å². The molecule has 0 bridgehead atoms. The monoisotopic (exact) mass is 398 g/mol. The van der Waals surface area contributed by atoms with Gasteiger partial charge in [-0.1, -0.05) is 0 Å². The molecule has 1 aromatic heterocycles. The summed E-state index contributed by atoms with van der Waals surface area (Å²) in [4.78, 5) is 12.1. The molecule has 7 heteroatoms. The van der Waals surface area contributed by atoms with Crippen LogP contribution in [0.2, 0.25) is 0 Å². The van der Waals surface area contributed by atoms with Crippen LogP contribution in [0, 0.1) is 19.8 Å². The maximum Gasteiger partial charge on any atom is 0.251 e. The highest BCUT2D eigenvalue weighted by atomic mass is 79.9. The van der Waals surface area contributed by atoms with Crippen molar-refractivity contribution in [1.29, 1.82) is 0 Å². The van der Waals surface area contributed by atoms with Crippen molar-refractivity contribution in [3.63, 3.8) is 0 Å². The highest BCUT2D eigenvalue weighted by Gasteiger charge is 2.17. The van der Waals surface area contributed by atoms with E-state index >= 15 is 0 Å². The van der Waals surface area contributed by atoms with E-state index in [1.807, 2.05) is 42.8 Å². The Bertz CT molecular complexity index is 695. The number of rotatable bonds is 4. The van der Waals surface area contributed by atoms with Gasteiger partial charge in [-0.3, -0.25) is 4.79 Å². The first kappa shape index (κ1) is 18.0. The second kappa shape index (κ2) is 7.47. The minimum absolute atomic E-state index is 0. The van der Waals surface area contributed by atoms with Gasteiger partial charge in [0.15, 0.2) is 0 Å². The lowest BCUT2D eigenvalue weighted by molar-refractivity contribution is 0.0942. The fourth-order valence-corrected chi connectivity index (χ4v) is 2.71. The number of benzene rings is 1. The number of aryl methyl sites for hydroxylation is 1. The van der Waals surface area contributed by atoms with E-state index in [0.717, 1.165) is 41.2 Å². The van der Waals surface area contributed by atoms with Gasteiger partial charge in [0.2, 0.25) is 0 Å². The van der Waals surface area contributed by atoms with Crippen molar-refractivity contribution in [2.45, 2.75) is 13.8 Å². The highest BCUT2D eigenvalue weighted by Crippen LogP contribution is 2.23. The fraction of sp³-hybridized carbons (Fsp3) is 0.375. The lowest BCUT2D eigenvalue weighted by Gasteiger charge is -2.27. The summed E-state index contributed by atoms with van der Waals surface area (Å²) in [7, 11) is 0. The summed E-state index contributed by atoms with van der Waals surface area (Å²) < 4.78 is 2.89. The van der Waals surface area contributed by atoms with E-state index in [2.05, 4.69) is 31.7 Å². The van der Waals surface area contributed by atoms with Crippen LogP contribution in [0.4, 0.5) is 0 Å². The first-order valence-electron chi connectivity index (χ1n) is 7.37. The molecule has 2 aromatic rings. The third kappa shape index (κ3) is 3.76. The lowest BCUT2D eigenvalue weighted by atomic mass is 10.0. The van der Waals surface area contributed by atoms with Crippen LogP contribution in [0.5, 0.6) is 0 Å². The van der Waals surface area contributed by atoms with Gasteiger partial charge in [-0.05, 0) is 54.0 Å². The lowest BCUT2D eigenvalue weighted by Crippen LogP contribution is -2.48.